The summed E-state index contributed by atoms with van der Waals surface area (Å²) >= 11 is 0. The molecule has 0 aliphatic heterocycles. The van der Waals surface area contributed by atoms with E-state index in [1.54, 1.807) is 13.0 Å². The van der Waals surface area contributed by atoms with Crippen molar-refractivity contribution in [2.45, 2.75) is 39.3 Å². The van der Waals surface area contributed by atoms with Crippen LogP contribution in [0.3, 0.4) is 0 Å². The maximum absolute atomic E-state index is 10.5. The highest BCUT2D eigenvalue weighted by molar-refractivity contribution is 5.77. The normalized spacial score (nSPS) is 17.3. The minimum Gasteiger partial charge on any atom is -0.480 e. The van der Waals surface area contributed by atoms with E-state index in [-0.39, 0.29) is 6.04 Å². The third kappa shape index (κ3) is 5.85. The zero-order valence-corrected chi connectivity index (χ0v) is 9.40. The summed E-state index contributed by atoms with van der Waals surface area (Å²) in [7, 11) is 0. The predicted octanol–water partition coefficient (Wildman–Crippen LogP) is 0.500. The Morgan fingerprint density at radius 1 is 1.53 bits per heavy atom. The summed E-state index contributed by atoms with van der Waals surface area (Å²) in [6.07, 6.45) is 2.10. The zero-order valence-electron chi connectivity index (χ0n) is 9.40. The molecule has 0 aromatic rings. The SMILES string of the molecule is CC(N)=NC(C)/C(C)=C/C[C@H](N)C(=O)O. The van der Waals surface area contributed by atoms with E-state index in [2.05, 4.69) is 4.99 Å². The van der Waals surface area contributed by atoms with Crippen molar-refractivity contribution < 1.29 is 9.90 Å². The number of hydrogen-bond acceptors (Lipinski definition) is 3. The van der Waals surface area contributed by atoms with Crippen LogP contribution < -0.4 is 11.5 Å². The highest BCUT2D eigenvalue weighted by atomic mass is 16.4. The maximum Gasteiger partial charge on any atom is 0.320 e. The smallest absolute Gasteiger partial charge is 0.320 e. The molecule has 0 saturated heterocycles. The van der Waals surface area contributed by atoms with Gasteiger partial charge in [0, 0.05) is 0 Å². The molecule has 0 rings (SSSR count). The first-order valence-corrected chi connectivity index (χ1v) is 4.79. The van der Waals surface area contributed by atoms with Crippen LogP contribution in [-0.4, -0.2) is 29.0 Å². The third-order valence-electron chi connectivity index (χ3n) is 2.07. The summed E-state index contributed by atoms with van der Waals surface area (Å²) in [5, 5.41) is 8.58. The second-order valence-corrected chi connectivity index (χ2v) is 3.58. The van der Waals surface area contributed by atoms with Crippen LogP contribution in [0.25, 0.3) is 0 Å². The van der Waals surface area contributed by atoms with Gasteiger partial charge in [0.05, 0.1) is 11.9 Å². The van der Waals surface area contributed by atoms with E-state index < -0.39 is 12.0 Å². The lowest BCUT2D eigenvalue weighted by Gasteiger charge is -2.09. The first kappa shape index (κ1) is 13.6. The first-order chi connectivity index (χ1) is 6.84. The molecule has 0 aromatic heterocycles. The average molecular weight is 213 g/mol. The molecule has 0 radical (unpaired) electrons. The summed E-state index contributed by atoms with van der Waals surface area (Å²) in [6.45, 7) is 5.49. The fraction of sp³-hybridized carbons (Fsp3) is 0.600. The zero-order chi connectivity index (χ0) is 12.0. The lowest BCUT2D eigenvalue weighted by atomic mass is 10.1. The molecular weight excluding hydrogens is 194 g/mol. The van der Waals surface area contributed by atoms with Crippen molar-refractivity contribution in [3.63, 3.8) is 0 Å². The van der Waals surface area contributed by atoms with Crippen LogP contribution in [0.15, 0.2) is 16.6 Å². The molecule has 0 bridgehead atoms. The van der Waals surface area contributed by atoms with E-state index in [1.165, 1.54) is 0 Å². The Hall–Kier alpha value is -1.36. The molecule has 0 saturated carbocycles. The molecule has 5 heteroatoms. The molecule has 0 aliphatic rings. The van der Waals surface area contributed by atoms with Gasteiger partial charge >= 0.3 is 5.97 Å². The molecule has 0 heterocycles. The van der Waals surface area contributed by atoms with Crippen LogP contribution >= 0.6 is 0 Å². The highest BCUT2D eigenvalue weighted by Crippen LogP contribution is 2.07. The fourth-order valence-electron chi connectivity index (χ4n) is 0.992. The van der Waals surface area contributed by atoms with Gasteiger partial charge in [0.1, 0.15) is 6.04 Å². The second-order valence-electron chi connectivity index (χ2n) is 3.58. The van der Waals surface area contributed by atoms with Crippen LogP contribution in [0.2, 0.25) is 0 Å². The quantitative estimate of drug-likeness (QED) is 0.351. The number of amidine groups is 1. The lowest BCUT2D eigenvalue weighted by Crippen LogP contribution is -2.29. The summed E-state index contributed by atoms with van der Waals surface area (Å²) in [5.74, 6) is -0.483. The van der Waals surface area contributed by atoms with Crippen molar-refractivity contribution in [3.05, 3.63) is 11.6 Å². The molecule has 15 heavy (non-hydrogen) atoms. The number of hydrogen-bond donors (Lipinski definition) is 3. The first-order valence-electron chi connectivity index (χ1n) is 4.79. The van der Waals surface area contributed by atoms with Crippen LogP contribution in [0.1, 0.15) is 27.2 Å². The van der Waals surface area contributed by atoms with E-state index in [0.717, 1.165) is 5.57 Å². The van der Waals surface area contributed by atoms with E-state index in [1.807, 2.05) is 13.8 Å². The summed E-state index contributed by atoms with van der Waals surface area (Å²) in [6, 6.07) is -0.883. The van der Waals surface area contributed by atoms with Crippen molar-refractivity contribution in [1.29, 1.82) is 0 Å². The van der Waals surface area contributed by atoms with E-state index in [0.29, 0.717) is 12.3 Å². The van der Waals surface area contributed by atoms with Crippen LogP contribution in [-0.2, 0) is 4.79 Å². The van der Waals surface area contributed by atoms with Gasteiger partial charge in [-0.25, -0.2) is 0 Å². The molecular formula is C10H19N3O2. The number of carboxylic acid groups (broad SMARTS) is 1. The molecule has 5 nitrogen and oxygen atoms in total. The Bertz CT molecular complexity index is 280. The van der Waals surface area contributed by atoms with Gasteiger partial charge in [0.15, 0.2) is 0 Å². The van der Waals surface area contributed by atoms with Gasteiger partial charge in [-0.2, -0.15) is 0 Å². The maximum atomic E-state index is 10.5. The Morgan fingerprint density at radius 2 is 2.07 bits per heavy atom. The van der Waals surface area contributed by atoms with Crippen molar-refractivity contribution in [3.8, 4) is 0 Å². The van der Waals surface area contributed by atoms with Gasteiger partial charge in [0.2, 0.25) is 0 Å². The van der Waals surface area contributed by atoms with Gasteiger partial charge in [-0.3, -0.25) is 9.79 Å². The monoisotopic (exact) mass is 213 g/mol. The van der Waals surface area contributed by atoms with Gasteiger partial charge in [-0.05, 0) is 27.2 Å². The van der Waals surface area contributed by atoms with Gasteiger partial charge in [0.25, 0.3) is 0 Å². The van der Waals surface area contributed by atoms with Crippen molar-refractivity contribution in [1.82, 2.24) is 0 Å². The Balaban J connectivity index is 4.32. The summed E-state index contributed by atoms with van der Waals surface area (Å²) < 4.78 is 0. The highest BCUT2D eigenvalue weighted by Gasteiger charge is 2.10. The molecule has 86 valence electrons. The summed E-state index contributed by atoms with van der Waals surface area (Å²) in [5.41, 5.74) is 11.8. The molecule has 1 unspecified atom stereocenters. The fourth-order valence-corrected chi connectivity index (χ4v) is 0.992. The molecule has 2 atom stereocenters. The Labute approximate surface area is 89.9 Å². The number of carbonyl (C=O) groups is 1. The minimum absolute atomic E-state index is 0.0315. The van der Waals surface area contributed by atoms with Crippen molar-refractivity contribution in [2.24, 2.45) is 16.5 Å². The predicted molar refractivity (Wildman–Crippen MR) is 60.7 cm³/mol. The van der Waals surface area contributed by atoms with E-state index in [9.17, 15) is 4.79 Å². The summed E-state index contributed by atoms with van der Waals surface area (Å²) in [4.78, 5) is 14.6. The third-order valence-corrected chi connectivity index (χ3v) is 2.07. The van der Waals surface area contributed by atoms with Crippen LogP contribution in [0, 0.1) is 0 Å². The molecule has 0 amide bonds. The van der Waals surface area contributed by atoms with Crippen molar-refractivity contribution >= 4 is 11.8 Å². The Kier molecular flexibility index (Phi) is 5.62. The van der Waals surface area contributed by atoms with Crippen LogP contribution in [0.5, 0.6) is 0 Å². The molecule has 0 spiro atoms. The molecule has 0 aromatic carbocycles. The number of aliphatic carboxylic acids is 1. The Morgan fingerprint density at radius 3 is 2.47 bits per heavy atom. The van der Waals surface area contributed by atoms with Gasteiger partial charge in [-0.15, -0.1) is 0 Å². The van der Waals surface area contributed by atoms with Gasteiger partial charge in [-0.1, -0.05) is 11.6 Å². The standard InChI is InChI=1S/C10H19N3O2/c1-6(7(2)13-8(3)11)4-5-9(12)10(14)15/h4,7,9H,5,12H2,1-3H3,(H2,11,13)(H,14,15)/b6-4+/t7?,9-/m0/s1. The van der Waals surface area contributed by atoms with Crippen LogP contribution in [0.4, 0.5) is 0 Å². The second kappa shape index (κ2) is 6.19. The number of rotatable bonds is 5. The number of nitrogens with two attached hydrogens (primary N) is 2. The van der Waals surface area contributed by atoms with E-state index in [4.69, 9.17) is 16.6 Å². The topological polar surface area (TPSA) is 102 Å². The largest absolute Gasteiger partial charge is 0.480 e. The molecule has 0 fully saturated rings. The molecule has 0 aliphatic carbocycles. The minimum atomic E-state index is -0.995. The average Bonchev–Trinajstić information content (AvgIpc) is 2.12. The lowest BCUT2D eigenvalue weighted by molar-refractivity contribution is -0.138. The number of aliphatic imine (C=N–C) groups is 1. The van der Waals surface area contributed by atoms with Gasteiger partial charge < -0.3 is 16.6 Å². The molecule has 5 N–H and O–H groups in total. The number of nitrogens with zero attached hydrogens (tertiary/aromatic N) is 1. The number of carboxylic acids is 1. The van der Waals surface area contributed by atoms with E-state index >= 15 is 0 Å². The van der Waals surface area contributed by atoms with Crippen molar-refractivity contribution in [2.75, 3.05) is 0 Å².